The van der Waals surface area contributed by atoms with Crippen molar-refractivity contribution in [1.82, 2.24) is 25.1 Å². The van der Waals surface area contributed by atoms with E-state index in [2.05, 4.69) is 37.5 Å². The SMILES string of the molecule is Cn1cc(Nc2nccc(N3CCC(C)(C(=O)NC4CC4)CC3)n2)cn1. The minimum Gasteiger partial charge on any atom is -0.356 e. The van der Waals surface area contributed by atoms with Crippen LogP contribution in [-0.4, -0.2) is 44.8 Å². The summed E-state index contributed by atoms with van der Waals surface area (Å²) in [5.74, 6) is 1.65. The van der Waals surface area contributed by atoms with Crippen LogP contribution in [0.3, 0.4) is 0 Å². The van der Waals surface area contributed by atoms with Crippen molar-refractivity contribution >= 4 is 23.4 Å². The summed E-state index contributed by atoms with van der Waals surface area (Å²) in [7, 11) is 1.87. The van der Waals surface area contributed by atoms with Crippen LogP contribution in [0.2, 0.25) is 0 Å². The van der Waals surface area contributed by atoms with Crippen LogP contribution in [0.15, 0.2) is 24.7 Å². The Balaban J connectivity index is 1.39. The van der Waals surface area contributed by atoms with Gasteiger partial charge in [0.1, 0.15) is 5.82 Å². The molecule has 2 aromatic heterocycles. The number of aromatic nitrogens is 4. The molecule has 8 heteroatoms. The van der Waals surface area contributed by atoms with E-state index >= 15 is 0 Å². The quantitative estimate of drug-likeness (QED) is 0.851. The standard InChI is InChI=1S/C18H25N7O/c1-18(16(26)21-13-3-4-13)6-9-25(10-7-18)15-5-8-19-17(23-15)22-14-11-20-24(2)12-14/h5,8,11-13H,3-4,6-7,9-10H2,1-2H3,(H,21,26)(H,19,22,23). The number of piperidine rings is 1. The van der Waals surface area contributed by atoms with Crippen molar-refractivity contribution in [2.75, 3.05) is 23.3 Å². The molecule has 4 rings (SSSR count). The molecule has 2 aliphatic rings. The Hall–Kier alpha value is -2.64. The molecular weight excluding hydrogens is 330 g/mol. The Morgan fingerprint density at radius 2 is 2.08 bits per heavy atom. The van der Waals surface area contributed by atoms with Crippen molar-refractivity contribution in [2.45, 2.75) is 38.6 Å². The average molecular weight is 355 g/mol. The molecule has 26 heavy (non-hydrogen) atoms. The van der Waals surface area contributed by atoms with E-state index in [0.29, 0.717) is 12.0 Å². The van der Waals surface area contributed by atoms with Crippen LogP contribution < -0.4 is 15.5 Å². The molecule has 1 amide bonds. The highest BCUT2D eigenvalue weighted by atomic mass is 16.2. The molecule has 138 valence electrons. The number of hydrogen-bond donors (Lipinski definition) is 2. The molecule has 0 spiro atoms. The van der Waals surface area contributed by atoms with Gasteiger partial charge in [0.05, 0.1) is 11.9 Å². The highest BCUT2D eigenvalue weighted by molar-refractivity contribution is 5.83. The number of carbonyl (C=O) groups is 1. The Morgan fingerprint density at radius 1 is 1.31 bits per heavy atom. The molecule has 0 unspecified atom stereocenters. The number of aryl methyl sites for hydroxylation is 1. The predicted molar refractivity (Wildman–Crippen MR) is 99.2 cm³/mol. The molecule has 3 heterocycles. The number of anilines is 3. The molecule has 2 aromatic rings. The maximum absolute atomic E-state index is 12.5. The van der Waals surface area contributed by atoms with Gasteiger partial charge in [0, 0.05) is 44.0 Å². The first-order valence-corrected chi connectivity index (χ1v) is 9.16. The van der Waals surface area contributed by atoms with Gasteiger partial charge in [-0.25, -0.2) is 4.98 Å². The van der Waals surface area contributed by atoms with E-state index < -0.39 is 0 Å². The zero-order chi connectivity index (χ0) is 18.1. The van der Waals surface area contributed by atoms with Crippen molar-refractivity contribution in [3.05, 3.63) is 24.7 Å². The number of nitrogens with one attached hydrogen (secondary N) is 2. The van der Waals surface area contributed by atoms with Gasteiger partial charge in [-0.05, 0) is 31.7 Å². The van der Waals surface area contributed by atoms with Crippen LogP contribution >= 0.6 is 0 Å². The van der Waals surface area contributed by atoms with Crippen molar-refractivity contribution in [3.8, 4) is 0 Å². The van der Waals surface area contributed by atoms with Gasteiger partial charge in [-0.2, -0.15) is 10.1 Å². The summed E-state index contributed by atoms with van der Waals surface area (Å²) in [6, 6.07) is 2.33. The third-order valence-electron chi connectivity index (χ3n) is 5.25. The van der Waals surface area contributed by atoms with Crippen LogP contribution in [0.1, 0.15) is 32.6 Å². The summed E-state index contributed by atoms with van der Waals surface area (Å²) < 4.78 is 1.73. The fourth-order valence-electron chi connectivity index (χ4n) is 3.24. The first kappa shape index (κ1) is 16.8. The number of hydrogen-bond acceptors (Lipinski definition) is 6. The van der Waals surface area contributed by atoms with Crippen LogP contribution in [0, 0.1) is 5.41 Å². The molecule has 2 N–H and O–H groups in total. The lowest BCUT2D eigenvalue weighted by atomic mass is 9.79. The second kappa shape index (κ2) is 6.59. The zero-order valence-corrected chi connectivity index (χ0v) is 15.3. The molecule has 1 aliphatic carbocycles. The lowest BCUT2D eigenvalue weighted by molar-refractivity contribution is -0.131. The molecule has 8 nitrogen and oxygen atoms in total. The van der Waals surface area contributed by atoms with Crippen LogP contribution in [0.5, 0.6) is 0 Å². The number of nitrogens with zero attached hydrogens (tertiary/aromatic N) is 5. The molecule has 2 fully saturated rings. The second-order valence-corrected chi connectivity index (χ2v) is 7.56. The predicted octanol–water partition coefficient (Wildman–Crippen LogP) is 1.84. The van der Waals surface area contributed by atoms with E-state index in [9.17, 15) is 4.79 Å². The summed E-state index contributed by atoms with van der Waals surface area (Å²) in [4.78, 5) is 23.6. The Bertz CT molecular complexity index is 790. The summed E-state index contributed by atoms with van der Waals surface area (Å²) in [6.07, 6.45) is 9.29. The zero-order valence-electron chi connectivity index (χ0n) is 15.3. The van der Waals surface area contributed by atoms with Gasteiger partial charge in [0.25, 0.3) is 0 Å². The van der Waals surface area contributed by atoms with Crippen molar-refractivity contribution in [2.24, 2.45) is 12.5 Å². The van der Waals surface area contributed by atoms with Gasteiger partial charge in [0.15, 0.2) is 0 Å². The molecule has 0 bridgehead atoms. The second-order valence-electron chi connectivity index (χ2n) is 7.56. The average Bonchev–Trinajstić information content (AvgIpc) is 3.36. The van der Waals surface area contributed by atoms with E-state index in [1.54, 1.807) is 17.1 Å². The molecule has 1 aliphatic heterocycles. The summed E-state index contributed by atoms with van der Waals surface area (Å²) in [5, 5.41) is 10.5. The monoisotopic (exact) mass is 355 g/mol. The lowest BCUT2D eigenvalue weighted by Gasteiger charge is -2.38. The highest BCUT2D eigenvalue weighted by Gasteiger charge is 2.39. The molecule has 0 atom stereocenters. The number of amides is 1. The van der Waals surface area contributed by atoms with Crippen LogP contribution in [0.25, 0.3) is 0 Å². The molecular formula is C18H25N7O. The van der Waals surface area contributed by atoms with Crippen molar-refractivity contribution in [1.29, 1.82) is 0 Å². The van der Waals surface area contributed by atoms with E-state index in [1.807, 2.05) is 19.3 Å². The first-order chi connectivity index (χ1) is 12.5. The Morgan fingerprint density at radius 3 is 2.73 bits per heavy atom. The van der Waals surface area contributed by atoms with Crippen LogP contribution in [0.4, 0.5) is 17.5 Å². The van der Waals surface area contributed by atoms with E-state index in [-0.39, 0.29) is 11.3 Å². The smallest absolute Gasteiger partial charge is 0.229 e. The largest absolute Gasteiger partial charge is 0.356 e. The van der Waals surface area contributed by atoms with Gasteiger partial charge in [-0.15, -0.1) is 0 Å². The number of rotatable bonds is 5. The van der Waals surface area contributed by atoms with E-state index in [1.165, 1.54) is 0 Å². The fraction of sp³-hybridized carbons (Fsp3) is 0.556. The topological polar surface area (TPSA) is 88.0 Å². The number of carbonyl (C=O) groups excluding carboxylic acids is 1. The minimum absolute atomic E-state index is 0.210. The molecule has 1 saturated carbocycles. The molecule has 0 aromatic carbocycles. The fourth-order valence-corrected chi connectivity index (χ4v) is 3.24. The third kappa shape index (κ3) is 3.63. The Kier molecular flexibility index (Phi) is 4.26. The van der Waals surface area contributed by atoms with E-state index in [4.69, 9.17) is 0 Å². The highest BCUT2D eigenvalue weighted by Crippen LogP contribution is 2.34. The first-order valence-electron chi connectivity index (χ1n) is 9.16. The third-order valence-corrected chi connectivity index (χ3v) is 5.25. The summed E-state index contributed by atoms with van der Waals surface area (Å²) in [6.45, 7) is 3.72. The Labute approximate surface area is 153 Å². The normalized spacial score (nSPS) is 19.2. The summed E-state index contributed by atoms with van der Waals surface area (Å²) in [5.41, 5.74) is 0.579. The lowest BCUT2D eigenvalue weighted by Crippen LogP contribution is -2.48. The minimum atomic E-state index is -0.275. The van der Waals surface area contributed by atoms with Crippen molar-refractivity contribution in [3.63, 3.8) is 0 Å². The van der Waals surface area contributed by atoms with Gasteiger partial charge in [-0.3, -0.25) is 9.48 Å². The van der Waals surface area contributed by atoms with Gasteiger partial charge >= 0.3 is 0 Å². The van der Waals surface area contributed by atoms with Crippen molar-refractivity contribution < 1.29 is 4.79 Å². The molecule has 0 radical (unpaired) electrons. The van der Waals surface area contributed by atoms with E-state index in [0.717, 1.165) is 50.3 Å². The maximum atomic E-state index is 12.5. The van der Waals surface area contributed by atoms with Gasteiger partial charge in [0.2, 0.25) is 11.9 Å². The van der Waals surface area contributed by atoms with Gasteiger partial charge < -0.3 is 15.5 Å². The van der Waals surface area contributed by atoms with Crippen LogP contribution in [-0.2, 0) is 11.8 Å². The van der Waals surface area contributed by atoms with Gasteiger partial charge in [-0.1, -0.05) is 6.92 Å². The molecule has 1 saturated heterocycles. The maximum Gasteiger partial charge on any atom is 0.229 e. The summed E-state index contributed by atoms with van der Waals surface area (Å²) >= 11 is 0.